The summed E-state index contributed by atoms with van der Waals surface area (Å²) in [6, 6.07) is 0. The summed E-state index contributed by atoms with van der Waals surface area (Å²) in [4.78, 5) is 4.29. The van der Waals surface area contributed by atoms with E-state index in [0.29, 0.717) is 0 Å². The zero-order chi connectivity index (χ0) is 9.80. The van der Waals surface area contributed by atoms with Gasteiger partial charge in [0, 0.05) is 6.42 Å². The van der Waals surface area contributed by atoms with Gasteiger partial charge in [0.2, 0.25) is 0 Å². The van der Waals surface area contributed by atoms with Crippen molar-refractivity contribution in [2.45, 2.75) is 51.4 Å². The summed E-state index contributed by atoms with van der Waals surface area (Å²) in [5, 5.41) is 8.52. The van der Waals surface area contributed by atoms with E-state index in [1.54, 1.807) is 0 Å². The van der Waals surface area contributed by atoms with Crippen LogP contribution in [0.5, 0.6) is 0 Å². The Balaban J connectivity index is 1.85. The molecule has 2 aliphatic carbocycles. The molecule has 0 aromatic heterocycles. The molecule has 1 atom stereocenters. The molecule has 0 radical (unpaired) electrons. The molecule has 0 heterocycles. The van der Waals surface area contributed by atoms with Gasteiger partial charge in [0.15, 0.2) is 0 Å². The fourth-order valence-electron chi connectivity index (χ4n) is 2.95. The van der Waals surface area contributed by atoms with Crippen LogP contribution in [0.4, 0.5) is 0 Å². The van der Waals surface area contributed by atoms with Crippen LogP contribution in [0.1, 0.15) is 51.4 Å². The van der Waals surface area contributed by atoms with Gasteiger partial charge in [-0.15, -0.1) is 0 Å². The molecule has 80 valence electrons. The second-order valence-corrected chi connectivity index (χ2v) is 4.69. The van der Waals surface area contributed by atoms with Crippen molar-refractivity contribution in [2.75, 3.05) is 0 Å². The zero-order valence-electron chi connectivity index (χ0n) is 8.74. The highest BCUT2D eigenvalue weighted by atomic mass is 17.1. The van der Waals surface area contributed by atoms with Gasteiger partial charge in [-0.3, -0.25) is 0 Å². The SMILES string of the molecule is OOC1=CCC(C2CCCCC2)CC1. The summed E-state index contributed by atoms with van der Waals surface area (Å²) >= 11 is 0. The lowest BCUT2D eigenvalue weighted by Gasteiger charge is -2.31. The van der Waals surface area contributed by atoms with Crippen LogP contribution in [-0.2, 0) is 4.89 Å². The van der Waals surface area contributed by atoms with E-state index < -0.39 is 0 Å². The minimum Gasteiger partial charge on any atom is -0.345 e. The standard InChI is InChI=1S/C12H20O2/c13-14-12-8-6-11(7-9-12)10-4-2-1-3-5-10/h8,10-11,13H,1-7,9H2. The average Bonchev–Trinajstić information content (AvgIpc) is 2.30. The minimum absolute atomic E-state index is 0.775. The summed E-state index contributed by atoms with van der Waals surface area (Å²) in [5.74, 6) is 2.58. The van der Waals surface area contributed by atoms with Crippen molar-refractivity contribution in [2.24, 2.45) is 11.8 Å². The highest BCUT2D eigenvalue weighted by Crippen LogP contribution is 2.37. The van der Waals surface area contributed by atoms with Crippen LogP contribution in [0.2, 0.25) is 0 Å². The lowest BCUT2D eigenvalue weighted by molar-refractivity contribution is -0.207. The molecule has 1 unspecified atom stereocenters. The Hall–Kier alpha value is -0.500. The van der Waals surface area contributed by atoms with Crippen LogP contribution in [-0.4, -0.2) is 5.26 Å². The summed E-state index contributed by atoms with van der Waals surface area (Å²) < 4.78 is 0. The summed E-state index contributed by atoms with van der Waals surface area (Å²) in [6.07, 6.45) is 12.5. The second-order valence-electron chi connectivity index (χ2n) is 4.69. The zero-order valence-corrected chi connectivity index (χ0v) is 8.74. The van der Waals surface area contributed by atoms with Crippen molar-refractivity contribution < 1.29 is 10.1 Å². The Morgan fingerprint density at radius 2 is 1.86 bits per heavy atom. The molecular formula is C12H20O2. The molecule has 0 bridgehead atoms. The molecule has 2 nitrogen and oxygen atoms in total. The van der Waals surface area contributed by atoms with Gasteiger partial charge in [0.05, 0.1) is 0 Å². The number of rotatable bonds is 2. The third kappa shape index (κ3) is 2.30. The van der Waals surface area contributed by atoms with Gasteiger partial charge in [-0.2, -0.15) is 0 Å². The molecule has 1 fully saturated rings. The molecule has 0 aliphatic heterocycles. The van der Waals surface area contributed by atoms with Crippen LogP contribution in [0.15, 0.2) is 11.8 Å². The van der Waals surface area contributed by atoms with Crippen molar-refractivity contribution in [3.63, 3.8) is 0 Å². The molecular weight excluding hydrogens is 176 g/mol. The van der Waals surface area contributed by atoms with Crippen molar-refractivity contribution in [1.29, 1.82) is 0 Å². The van der Waals surface area contributed by atoms with E-state index in [-0.39, 0.29) is 0 Å². The fourth-order valence-corrected chi connectivity index (χ4v) is 2.95. The predicted octanol–water partition coefficient (Wildman–Crippen LogP) is 3.74. The van der Waals surface area contributed by atoms with Crippen LogP contribution in [0.3, 0.4) is 0 Å². The van der Waals surface area contributed by atoms with Crippen LogP contribution in [0.25, 0.3) is 0 Å². The molecule has 2 heteroatoms. The Morgan fingerprint density at radius 3 is 2.43 bits per heavy atom. The minimum atomic E-state index is 0.775. The van der Waals surface area contributed by atoms with Gasteiger partial charge in [0.1, 0.15) is 5.76 Å². The topological polar surface area (TPSA) is 29.5 Å². The quantitative estimate of drug-likeness (QED) is 0.538. The first-order valence-electron chi connectivity index (χ1n) is 5.90. The van der Waals surface area contributed by atoms with E-state index >= 15 is 0 Å². The molecule has 1 saturated carbocycles. The van der Waals surface area contributed by atoms with Gasteiger partial charge in [-0.25, -0.2) is 5.26 Å². The first-order valence-corrected chi connectivity index (χ1v) is 5.90. The largest absolute Gasteiger partial charge is 0.345 e. The molecule has 14 heavy (non-hydrogen) atoms. The molecule has 0 aromatic carbocycles. The monoisotopic (exact) mass is 196 g/mol. The predicted molar refractivity (Wildman–Crippen MR) is 55.7 cm³/mol. The average molecular weight is 196 g/mol. The maximum atomic E-state index is 8.52. The van der Waals surface area contributed by atoms with E-state index in [1.165, 1.54) is 38.5 Å². The van der Waals surface area contributed by atoms with Crippen molar-refractivity contribution in [3.8, 4) is 0 Å². The second kappa shape index (κ2) is 4.83. The number of hydrogen-bond acceptors (Lipinski definition) is 2. The highest BCUT2D eigenvalue weighted by molar-refractivity contribution is 4.99. The van der Waals surface area contributed by atoms with E-state index in [4.69, 9.17) is 5.26 Å². The van der Waals surface area contributed by atoms with Crippen LogP contribution < -0.4 is 0 Å². The lowest BCUT2D eigenvalue weighted by atomic mass is 9.75. The van der Waals surface area contributed by atoms with Crippen LogP contribution >= 0.6 is 0 Å². The summed E-state index contributed by atoms with van der Waals surface area (Å²) in [6.45, 7) is 0. The Morgan fingerprint density at radius 1 is 1.07 bits per heavy atom. The number of allylic oxidation sites excluding steroid dienone is 2. The lowest BCUT2D eigenvalue weighted by Crippen LogP contribution is -2.20. The maximum Gasteiger partial charge on any atom is 0.138 e. The Kier molecular flexibility index (Phi) is 3.46. The smallest absolute Gasteiger partial charge is 0.138 e. The van der Waals surface area contributed by atoms with E-state index in [2.05, 4.69) is 11.0 Å². The van der Waals surface area contributed by atoms with Crippen molar-refractivity contribution >= 4 is 0 Å². The first-order chi connectivity index (χ1) is 6.90. The maximum absolute atomic E-state index is 8.52. The van der Waals surface area contributed by atoms with Crippen molar-refractivity contribution in [3.05, 3.63) is 11.8 Å². The summed E-state index contributed by atoms with van der Waals surface area (Å²) in [7, 11) is 0. The molecule has 1 N–H and O–H groups in total. The van der Waals surface area contributed by atoms with Gasteiger partial charge in [-0.1, -0.05) is 32.1 Å². The molecule has 0 saturated heterocycles. The first kappa shape index (κ1) is 10.0. The Labute approximate surface area is 85.9 Å². The van der Waals surface area contributed by atoms with Gasteiger partial charge in [-0.05, 0) is 30.8 Å². The van der Waals surface area contributed by atoms with Crippen LogP contribution in [0, 0.1) is 11.8 Å². The summed E-state index contributed by atoms with van der Waals surface area (Å²) in [5.41, 5.74) is 0. The Bertz CT molecular complexity index is 204. The van der Waals surface area contributed by atoms with Gasteiger partial charge < -0.3 is 4.89 Å². The molecule has 0 spiro atoms. The van der Waals surface area contributed by atoms with Crippen molar-refractivity contribution in [1.82, 2.24) is 0 Å². The molecule has 2 rings (SSSR count). The van der Waals surface area contributed by atoms with E-state index in [0.717, 1.165) is 30.4 Å². The molecule has 0 amide bonds. The normalized spacial score (nSPS) is 29.8. The van der Waals surface area contributed by atoms with Gasteiger partial charge in [0.25, 0.3) is 0 Å². The third-order valence-corrected chi connectivity index (χ3v) is 3.84. The van der Waals surface area contributed by atoms with Gasteiger partial charge >= 0.3 is 0 Å². The fraction of sp³-hybridized carbons (Fsp3) is 0.833. The van der Waals surface area contributed by atoms with E-state index in [1.807, 2.05) is 0 Å². The van der Waals surface area contributed by atoms with E-state index in [9.17, 15) is 0 Å². The third-order valence-electron chi connectivity index (χ3n) is 3.84. The highest BCUT2D eigenvalue weighted by Gasteiger charge is 2.25. The number of hydrogen-bond donors (Lipinski definition) is 1. The molecule has 2 aliphatic rings. The molecule has 0 aromatic rings.